The lowest BCUT2D eigenvalue weighted by molar-refractivity contribution is 0.604. The summed E-state index contributed by atoms with van der Waals surface area (Å²) in [6.45, 7) is 2.23. The summed E-state index contributed by atoms with van der Waals surface area (Å²) in [7, 11) is 0. The van der Waals surface area contributed by atoms with Crippen LogP contribution in [0.1, 0.15) is 38.2 Å². The smallest absolute Gasteiger partial charge is 0.0506 e. The van der Waals surface area contributed by atoms with Gasteiger partial charge in [0, 0.05) is 5.71 Å². The summed E-state index contributed by atoms with van der Waals surface area (Å²) < 4.78 is 0. The first-order valence-corrected chi connectivity index (χ1v) is 5.52. The first kappa shape index (κ1) is 9.45. The molecule has 0 unspecified atom stereocenters. The van der Waals surface area contributed by atoms with Gasteiger partial charge in [-0.3, -0.25) is 4.99 Å². The van der Waals surface area contributed by atoms with Crippen LogP contribution in [0.2, 0.25) is 0 Å². The summed E-state index contributed by atoms with van der Waals surface area (Å²) in [5.41, 5.74) is 2.62. The third-order valence-electron chi connectivity index (χ3n) is 2.78. The fraction of sp³-hybridized carbons (Fsp3) is 0.462. The third kappa shape index (κ3) is 2.03. The molecular formula is C13H17N. The quantitative estimate of drug-likeness (QED) is 0.687. The lowest BCUT2D eigenvalue weighted by atomic mass is 10.1. The average Bonchev–Trinajstić information content (AvgIpc) is 2.68. The van der Waals surface area contributed by atoms with Crippen LogP contribution in [0.5, 0.6) is 0 Å². The van der Waals surface area contributed by atoms with Crippen LogP contribution < -0.4 is 0 Å². The molecule has 0 bridgehead atoms. The maximum atomic E-state index is 4.76. The van der Waals surface area contributed by atoms with Crippen LogP contribution in [0.4, 0.5) is 0 Å². The second-order valence-corrected chi connectivity index (χ2v) is 3.92. The zero-order valence-electron chi connectivity index (χ0n) is 8.74. The summed E-state index contributed by atoms with van der Waals surface area (Å²) in [4.78, 5) is 4.76. The van der Waals surface area contributed by atoms with Crippen LogP contribution in [0.25, 0.3) is 0 Å². The molecule has 1 aliphatic rings. The van der Waals surface area contributed by atoms with Gasteiger partial charge in [0.15, 0.2) is 0 Å². The van der Waals surface area contributed by atoms with Crippen molar-refractivity contribution in [2.75, 3.05) is 0 Å². The summed E-state index contributed by atoms with van der Waals surface area (Å²) in [5, 5.41) is 0. The molecule has 0 radical (unpaired) electrons. The van der Waals surface area contributed by atoms with Crippen LogP contribution in [-0.4, -0.2) is 11.8 Å². The van der Waals surface area contributed by atoms with Crippen LogP contribution in [-0.2, 0) is 0 Å². The van der Waals surface area contributed by atoms with Gasteiger partial charge in [-0.1, -0.05) is 43.7 Å². The van der Waals surface area contributed by atoms with E-state index in [1.807, 2.05) is 0 Å². The molecule has 0 aromatic heterocycles. The lowest BCUT2D eigenvalue weighted by Gasteiger charge is -2.01. The van der Waals surface area contributed by atoms with Gasteiger partial charge in [0.25, 0.3) is 0 Å². The Kier molecular flexibility index (Phi) is 2.97. The Morgan fingerprint density at radius 2 is 2.07 bits per heavy atom. The van der Waals surface area contributed by atoms with E-state index >= 15 is 0 Å². The van der Waals surface area contributed by atoms with E-state index in [0.29, 0.717) is 6.04 Å². The normalized spacial score (nSPS) is 20.9. The number of hydrogen-bond acceptors (Lipinski definition) is 1. The SMILES string of the molecule is CCC[C@@H]1CCC(c2ccccc2)=N1. The van der Waals surface area contributed by atoms with E-state index in [1.165, 1.54) is 30.5 Å². The van der Waals surface area contributed by atoms with E-state index in [2.05, 4.69) is 37.3 Å². The molecule has 0 spiro atoms. The number of rotatable bonds is 3. The van der Waals surface area contributed by atoms with Crippen molar-refractivity contribution >= 4 is 5.71 Å². The summed E-state index contributed by atoms with van der Waals surface area (Å²) in [6, 6.07) is 11.1. The number of benzene rings is 1. The molecule has 1 aromatic carbocycles. The average molecular weight is 187 g/mol. The zero-order chi connectivity index (χ0) is 9.80. The molecule has 2 rings (SSSR count). The Bertz CT molecular complexity index is 313. The largest absolute Gasteiger partial charge is 0.286 e. The molecule has 1 heteroatoms. The fourth-order valence-electron chi connectivity index (χ4n) is 2.04. The summed E-state index contributed by atoms with van der Waals surface area (Å²) in [5.74, 6) is 0. The molecule has 0 aliphatic carbocycles. The molecule has 0 saturated carbocycles. The van der Waals surface area contributed by atoms with Crippen molar-refractivity contribution in [3.63, 3.8) is 0 Å². The van der Waals surface area contributed by atoms with Crippen molar-refractivity contribution in [1.29, 1.82) is 0 Å². The van der Waals surface area contributed by atoms with Gasteiger partial charge >= 0.3 is 0 Å². The van der Waals surface area contributed by atoms with Crippen LogP contribution >= 0.6 is 0 Å². The van der Waals surface area contributed by atoms with E-state index in [4.69, 9.17) is 4.99 Å². The van der Waals surface area contributed by atoms with Gasteiger partial charge < -0.3 is 0 Å². The highest BCUT2D eigenvalue weighted by Gasteiger charge is 2.16. The second-order valence-electron chi connectivity index (χ2n) is 3.92. The van der Waals surface area contributed by atoms with Gasteiger partial charge in [-0.05, 0) is 24.8 Å². The molecule has 0 saturated heterocycles. The van der Waals surface area contributed by atoms with Gasteiger partial charge in [-0.25, -0.2) is 0 Å². The van der Waals surface area contributed by atoms with E-state index in [9.17, 15) is 0 Å². The Morgan fingerprint density at radius 3 is 2.79 bits per heavy atom. The topological polar surface area (TPSA) is 12.4 Å². The molecule has 1 aliphatic heterocycles. The molecule has 1 nitrogen and oxygen atoms in total. The van der Waals surface area contributed by atoms with E-state index in [1.54, 1.807) is 0 Å². The summed E-state index contributed by atoms with van der Waals surface area (Å²) in [6.07, 6.45) is 4.90. The van der Waals surface area contributed by atoms with Crippen molar-refractivity contribution in [3.8, 4) is 0 Å². The standard InChI is InChI=1S/C13H17N/c1-2-6-12-9-10-13(14-12)11-7-4-3-5-8-11/h3-5,7-8,12H,2,6,9-10H2,1H3/t12-/m1/s1. The number of aliphatic imine (C=N–C) groups is 1. The minimum absolute atomic E-state index is 0.593. The minimum Gasteiger partial charge on any atom is -0.286 e. The van der Waals surface area contributed by atoms with E-state index in [-0.39, 0.29) is 0 Å². The molecule has 0 fully saturated rings. The third-order valence-corrected chi connectivity index (χ3v) is 2.78. The fourth-order valence-corrected chi connectivity index (χ4v) is 2.04. The predicted molar refractivity (Wildman–Crippen MR) is 60.9 cm³/mol. The van der Waals surface area contributed by atoms with Crippen molar-refractivity contribution in [1.82, 2.24) is 0 Å². The monoisotopic (exact) mass is 187 g/mol. The van der Waals surface area contributed by atoms with E-state index in [0.717, 1.165) is 6.42 Å². The lowest BCUT2D eigenvalue weighted by Crippen LogP contribution is -1.97. The Morgan fingerprint density at radius 1 is 1.29 bits per heavy atom. The molecule has 14 heavy (non-hydrogen) atoms. The molecule has 1 aromatic rings. The maximum Gasteiger partial charge on any atom is 0.0506 e. The van der Waals surface area contributed by atoms with Crippen LogP contribution in [0, 0.1) is 0 Å². The highest BCUT2D eigenvalue weighted by molar-refractivity contribution is 6.01. The molecule has 1 heterocycles. The number of hydrogen-bond donors (Lipinski definition) is 0. The highest BCUT2D eigenvalue weighted by atomic mass is 14.8. The Labute approximate surface area is 85.9 Å². The molecule has 74 valence electrons. The zero-order valence-corrected chi connectivity index (χ0v) is 8.74. The van der Waals surface area contributed by atoms with Gasteiger partial charge in [-0.15, -0.1) is 0 Å². The molecule has 1 atom stereocenters. The first-order valence-electron chi connectivity index (χ1n) is 5.52. The van der Waals surface area contributed by atoms with Gasteiger partial charge in [0.2, 0.25) is 0 Å². The van der Waals surface area contributed by atoms with E-state index < -0.39 is 0 Å². The Balaban J connectivity index is 2.10. The van der Waals surface area contributed by atoms with Gasteiger partial charge in [-0.2, -0.15) is 0 Å². The van der Waals surface area contributed by atoms with Crippen molar-refractivity contribution in [2.24, 2.45) is 4.99 Å². The molecular weight excluding hydrogens is 170 g/mol. The van der Waals surface area contributed by atoms with Gasteiger partial charge in [0.05, 0.1) is 6.04 Å². The second kappa shape index (κ2) is 4.41. The molecule has 0 N–H and O–H groups in total. The first-order chi connectivity index (χ1) is 6.90. The minimum atomic E-state index is 0.593. The maximum absolute atomic E-state index is 4.76. The number of nitrogens with zero attached hydrogens (tertiary/aromatic N) is 1. The predicted octanol–water partition coefficient (Wildman–Crippen LogP) is 3.44. The van der Waals surface area contributed by atoms with Crippen molar-refractivity contribution < 1.29 is 0 Å². The van der Waals surface area contributed by atoms with Crippen LogP contribution in [0.15, 0.2) is 35.3 Å². The van der Waals surface area contributed by atoms with Crippen molar-refractivity contribution in [3.05, 3.63) is 35.9 Å². The van der Waals surface area contributed by atoms with Crippen LogP contribution in [0.3, 0.4) is 0 Å². The van der Waals surface area contributed by atoms with Crippen molar-refractivity contribution in [2.45, 2.75) is 38.6 Å². The Hall–Kier alpha value is -1.11. The van der Waals surface area contributed by atoms with Gasteiger partial charge in [0.1, 0.15) is 0 Å². The summed E-state index contributed by atoms with van der Waals surface area (Å²) >= 11 is 0. The molecule has 0 amide bonds. The highest BCUT2D eigenvalue weighted by Crippen LogP contribution is 2.21.